The third-order valence-electron chi connectivity index (χ3n) is 2.58. The van der Waals surface area contributed by atoms with Crippen molar-refractivity contribution in [2.75, 3.05) is 27.2 Å². The van der Waals surface area contributed by atoms with Crippen molar-refractivity contribution in [3.63, 3.8) is 0 Å². The standard InChI is InChI=1S/C10H22N4O2/c1-7(15)6-8-9(16)13-10(12-8)14(3)5-4-11-2/h7-9,11,15-16H,4-6H2,1-3H3,(H,12,13). The lowest BCUT2D eigenvalue weighted by Gasteiger charge is -2.21. The topological polar surface area (TPSA) is 80.1 Å². The summed E-state index contributed by atoms with van der Waals surface area (Å²) in [4.78, 5) is 6.07. The number of aliphatic imine (C=N–C) groups is 1. The molecule has 1 rings (SSSR count). The maximum Gasteiger partial charge on any atom is 0.196 e. The van der Waals surface area contributed by atoms with Gasteiger partial charge in [0.1, 0.15) is 0 Å². The Morgan fingerprint density at radius 1 is 1.62 bits per heavy atom. The first-order valence-corrected chi connectivity index (χ1v) is 5.60. The molecule has 0 saturated heterocycles. The molecule has 1 aliphatic heterocycles. The Morgan fingerprint density at radius 2 is 2.31 bits per heavy atom. The molecule has 1 aliphatic rings. The highest BCUT2D eigenvalue weighted by atomic mass is 16.3. The van der Waals surface area contributed by atoms with Gasteiger partial charge in [-0.1, -0.05) is 0 Å². The zero-order valence-electron chi connectivity index (χ0n) is 10.1. The van der Waals surface area contributed by atoms with Crippen LogP contribution in [0.3, 0.4) is 0 Å². The molecule has 0 radical (unpaired) electrons. The maximum absolute atomic E-state index is 9.68. The number of aliphatic hydroxyl groups is 2. The molecule has 16 heavy (non-hydrogen) atoms. The van der Waals surface area contributed by atoms with Gasteiger partial charge >= 0.3 is 0 Å². The van der Waals surface area contributed by atoms with E-state index in [9.17, 15) is 10.2 Å². The largest absolute Gasteiger partial charge is 0.393 e. The third-order valence-corrected chi connectivity index (χ3v) is 2.58. The first kappa shape index (κ1) is 13.2. The summed E-state index contributed by atoms with van der Waals surface area (Å²) < 4.78 is 0. The van der Waals surface area contributed by atoms with E-state index in [0.717, 1.165) is 13.1 Å². The highest BCUT2D eigenvalue weighted by Gasteiger charge is 2.29. The predicted molar refractivity (Wildman–Crippen MR) is 63.2 cm³/mol. The zero-order valence-corrected chi connectivity index (χ0v) is 10.1. The molecule has 3 unspecified atom stereocenters. The molecule has 6 nitrogen and oxygen atoms in total. The van der Waals surface area contributed by atoms with Gasteiger partial charge in [-0.25, -0.2) is 4.99 Å². The fourth-order valence-corrected chi connectivity index (χ4v) is 1.64. The second-order valence-electron chi connectivity index (χ2n) is 4.23. The summed E-state index contributed by atoms with van der Waals surface area (Å²) in [5.74, 6) is 0.688. The van der Waals surface area contributed by atoms with Crippen LogP contribution < -0.4 is 10.6 Å². The number of hydrogen-bond donors (Lipinski definition) is 4. The van der Waals surface area contributed by atoms with Gasteiger partial charge in [0.05, 0.1) is 12.1 Å². The third kappa shape index (κ3) is 3.62. The number of nitrogens with one attached hydrogen (secondary N) is 2. The molecule has 4 N–H and O–H groups in total. The second kappa shape index (κ2) is 6.03. The number of rotatable bonds is 5. The lowest BCUT2D eigenvalue weighted by atomic mass is 10.1. The molecular formula is C10H22N4O2. The van der Waals surface area contributed by atoms with E-state index in [1.807, 2.05) is 19.0 Å². The summed E-state index contributed by atoms with van der Waals surface area (Å²) in [6.45, 7) is 3.38. The van der Waals surface area contributed by atoms with Crippen LogP contribution in [-0.4, -0.2) is 66.6 Å². The van der Waals surface area contributed by atoms with Crippen LogP contribution in [0.1, 0.15) is 13.3 Å². The molecule has 0 aromatic heterocycles. The molecule has 1 heterocycles. The Balaban J connectivity index is 2.43. The Labute approximate surface area is 96.4 Å². The van der Waals surface area contributed by atoms with Crippen LogP contribution in [0.15, 0.2) is 4.99 Å². The van der Waals surface area contributed by atoms with Crippen molar-refractivity contribution >= 4 is 5.96 Å². The van der Waals surface area contributed by atoms with E-state index in [1.165, 1.54) is 0 Å². The fourth-order valence-electron chi connectivity index (χ4n) is 1.64. The van der Waals surface area contributed by atoms with Gasteiger partial charge in [-0.05, 0) is 20.4 Å². The summed E-state index contributed by atoms with van der Waals surface area (Å²) in [7, 11) is 3.81. The van der Waals surface area contributed by atoms with Crippen LogP contribution in [0.25, 0.3) is 0 Å². The van der Waals surface area contributed by atoms with Crippen LogP contribution >= 0.6 is 0 Å². The van der Waals surface area contributed by atoms with Crippen LogP contribution in [-0.2, 0) is 0 Å². The van der Waals surface area contributed by atoms with Crippen molar-refractivity contribution in [1.82, 2.24) is 15.5 Å². The van der Waals surface area contributed by atoms with E-state index in [1.54, 1.807) is 6.92 Å². The van der Waals surface area contributed by atoms with Gasteiger partial charge in [-0.3, -0.25) is 0 Å². The first-order chi connectivity index (χ1) is 7.54. The first-order valence-electron chi connectivity index (χ1n) is 5.60. The SMILES string of the molecule is CNCCN(C)C1=NC(O)C(CC(C)O)N1. The van der Waals surface area contributed by atoms with Crippen molar-refractivity contribution in [1.29, 1.82) is 0 Å². The van der Waals surface area contributed by atoms with Gasteiger partial charge in [0.25, 0.3) is 0 Å². The van der Waals surface area contributed by atoms with Crippen molar-refractivity contribution in [2.24, 2.45) is 4.99 Å². The molecule has 0 saturated carbocycles. The molecule has 3 atom stereocenters. The summed E-state index contributed by atoms with van der Waals surface area (Å²) in [6.07, 6.45) is -0.709. The van der Waals surface area contributed by atoms with Crippen LogP contribution in [0.4, 0.5) is 0 Å². The quantitative estimate of drug-likeness (QED) is 0.465. The lowest BCUT2D eigenvalue weighted by Crippen LogP contribution is -2.44. The van der Waals surface area contributed by atoms with E-state index in [4.69, 9.17) is 0 Å². The molecule has 0 spiro atoms. The minimum atomic E-state index is -0.762. The molecule has 0 aliphatic carbocycles. The predicted octanol–water partition coefficient (Wildman–Crippen LogP) is -1.45. The van der Waals surface area contributed by atoms with Gasteiger partial charge in [0, 0.05) is 20.1 Å². The Kier molecular flexibility index (Phi) is 4.98. The minimum absolute atomic E-state index is 0.188. The van der Waals surface area contributed by atoms with Crippen molar-refractivity contribution < 1.29 is 10.2 Å². The molecule has 0 bridgehead atoms. The normalized spacial score (nSPS) is 26.2. The Morgan fingerprint density at radius 3 is 2.88 bits per heavy atom. The van der Waals surface area contributed by atoms with E-state index in [2.05, 4.69) is 15.6 Å². The summed E-state index contributed by atoms with van der Waals surface area (Å²) in [5.41, 5.74) is 0. The fraction of sp³-hybridized carbons (Fsp3) is 0.900. The molecule has 0 amide bonds. The molecular weight excluding hydrogens is 208 g/mol. The Bertz CT molecular complexity index is 245. The summed E-state index contributed by atoms with van der Waals surface area (Å²) in [6, 6.07) is -0.188. The van der Waals surface area contributed by atoms with Crippen LogP contribution in [0.5, 0.6) is 0 Å². The smallest absolute Gasteiger partial charge is 0.196 e. The highest BCUT2D eigenvalue weighted by molar-refractivity contribution is 5.81. The van der Waals surface area contributed by atoms with Gasteiger partial charge in [0.2, 0.25) is 0 Å². The number of aliphatic hydroxyl groups excluding tert-OH is 2. The molecule has 0 aromatic carbocycles. The Hall–Kier alpha value is -0.850. The van der Waals surface area contributed by atoms with Crippen molar-refractivity contribution in [3.8, 4) is 0 Å². The van der Waals surface area contributed by atoms with E-state index in [-0.39, 0.29) is 6.04 Å². The average molecular weight is 230 g/mol. The van der Waals surface area contributed by atoms with E-state index in [0.29, 0.717) is 12.4 Å². The summed E-state index contributed by atoms with van der Waals surface area (Å²) in [5, 5.41) is 25.1. The summed E-state index contributed by atoms with van der Waals surface area (Å²) >= 11 is 0. The van der Waals surface area contributed by atoms with Crippen LogP contribution in [0, 0.1) is 0 Å². The van der Waals surface area contributed by atoms with Gasteiger partial charge < -0.3 is 25.7 Å². The number of likely N-dealkylation sites (N-methyl/N-ethyl adjacent to an activating group) is 2. The van der Waals surface area contributed by atoms with Crippen molar-refractivity contribution in [3.05, 3.63) is 0 Å². The van der Waals surface area contributed by atoms with E-state index >= 15 is 0 Å². The molecule has 94 valence electrons. The second-order valence-corrected chi connectivity index (χ2v) is 4.23. The van der Waals surface area contributed by atoms with Crippen molar-refractivity contribution in [2.45, 2.75) is 31.7 Å². The van der Waals surface area contributed by atoms with E-state index < -0.39 is 12.3 Å². The highest BCUT2D eigenvalue weighted by Crippen LogP contribution is 2.11. The maximum atomic E-state index is 9.68. The van der Waals surface area contributed by atoms with Gasteiger partial charge in [-0.2, -0.15) is 0 Å². The number of nitrogens with zero attached hydrogens (tertiary/aromatic N) is 2. The lowest BCUT2D eigenvalue weighted by molar-refractivity contribution is 0.110. The molecule has 0 aromatic rings. The van der Waals surface area contributed by atoms with Gasteiger partial charge in [0.15, 0.2) is 12.2 Å². The van der Waals surface area contributed by atoms with Gasteiger partial charge in [-0.15, -0.1) is 0 Å². The molecule has 6 heteroatoms. The monoisotopic (exact) mass is 230 g/mol. The average Bonchev–Trinajstić information content (AvgIpc) is 2.56. The van der Waals surface area contributed by atoms with Crippen LogP contribution in [0.2, 0.25) is 0 Å². The number of hydrogen-bond acceptors (Lipinski definition) is 6. The number of guanidine groups is 1. The minimum Gasteiger partial charge on any atom is -0.393 e. The molecule has 0 fully saturated rings. The zero-order chi connectivity index (χ0) is 12.1.